The molecule has 0 radical (unpaired) electrons. The highest BCUT2D eigenvalue weighted by Crippen LogP contribution is 2.33. The van der Waals surface area contributed by atoms with Crippen molar-refractivity contribution in [3.05, 3.63) is 70.8 Å². The fourth-order valence-corrected chi connectivity index (χ4v) is 1.93. The molecule has 0 amide bonds. The zero-order valence-corrected chi connectivity index (χ0v) is 9.69. The summed E-state index contributed by atoms with van der Waals surface area (Å²) in [5, 5.41) is -1.30. The normalized spacial score (nSPS) is 12.5. The molecule has 0 spiro atoms. The predicted molar refractivity (Wildman–Crippen MR) is 60.4 cm³/mol. The minimum Gasteiger partial charge on any atom is -0.207 e. The minimum absolute atomic E-state index is 0.235. The van der Waals surface area contributed by atoms with E-state index in [9.17, 15) is 17.6 Å². The van der Waals surface area contributed by atoms with E-state index in [2.05, 4.69) is 0 Å². The molecule has 0 aliphatic carbocycles. The standard InChI is InChI=1S/C13H7ClF4/c14-12(8-2-1-3-11(17)13(8)18)9-6-7(15)4-5-10(9)16/h1-6,12H. The van der Waals surface area contributed by atoms with Gasteiger partial charge in [0.05, 0.1) is 5.38 Å². The summed E-state index contributed by atoms with van der Waals surface area (Å²) >= 11 is 5.87. The summed E-state index contributed by atoms with van der Waals surface area (Å²) in [6.45, 7) is 0. The second kappa shape index (κ2) is 4.98. The van der Waals surface area contributed by atoms with Crippen LogP contribution in [0.15, 0.2) is 36.4 Å². The van der Waals surface area contributed by atoms with Gasteiger partial charge in [0.2, 0.25) is 0 Å². The average Bonchev–Trinajstić information content (AvgIpc) is 2.35. The lowest BCUT2D eigenvalue weighted by Crippen LogP contribution is -2.02. The Bertz CT molecular complexity index is 581. The topological polar surface area (TPSA) is 0 Å². The van der Waals surface area contributed by atoms with E-state index in [1.807, 2.05) is 0 Å². The molecule has 0 nitrogen and oxygen atoms in total. The molecule has 0 saturated carbocycles. The fraction of sp³-hybridized carbons (Fsp3) is 0.0769. The van der Waals surface area contributed by atoms with Gasteiger partial charge in [-0.25, -0.2) is 17.6 Å². The Balaban J connectivity index is 2.51. The first-order valence-corrected chi connectivity index (χ1v) is 5.47. The monoisotopic (exact) mass is 274 g/mol. The first-order valence-electron chi connectivity index (χ1n) is 5.03. The largest absolute Gasteiger partial charge is 0.207 e. The van der Waals surface area contributed by atoms with Crippen LogP contribution in [0, 0.1) is 23.3 Å². The van der Waals surface area contributed by atoms with Crippen molar-refractivity contribution in [1.82, 2.24) is 0 Å². The number of hydrogen-bond acceptors (Lipinski definition) is 0. The lowest BCUT2D eigenvalue weighted by Gasteiger charge is -2.12. The molecule has 1 unspecified atom stereocenters. The minimum atomic E-state index is -1.30. The van der Waals surface area contributed by atoms with Gasteiger partial charge >= 0.3 is 0 Å². The highest BCUT2D eigenvalue weighted by atomic mass is 35.5. The summed E-state index contributed by atoms with van der Waals surface area (Å²) in [4.78, 5) is 0. The SMILES string of the molecule is Fc1ccc(F)c(C(Cl)c2cccc(F)c2F)c1. The van der Waals surface area contributed by atoms with Gasteiger partial charge in [-0.2, -0.15) is 0 Å². The van der Waals surface area contributed by atoms with Crippen molar-refractivity contribution >= 4 is 11.6 Å². The first kappa shape index (κ1) is 12.9. The van der Waals surface area contributed by atoms with Gasteiger partial charge in [0.25, 0.3) is 0 Å². The van der Waals surface area contributed by atoms with Crippen LogP contribution < -0.4 is 0 Å². The van der Waals surface area contributed by atoms with Gasteiger partial charge in [-0.05, 0) is 24.3 Å². The molecule has 2 aromatic rings. The van der Waals surface area contributed by atoms with Gasteiger partial charge in [0.1, 0.15) is 11.6 Å². The van der Waals surface area contributed by atoms with E-state index < -0.39 is 28.6 Å². The Hall–Kier alpha value is -1.55. The molecule has 1 atom stereocenters. The van der Waals surface area contributed by atoms with E-state index in [1.165, 1.54) is 12.1 Å². The average molecular weight is 275 g/mol. The van der Waals surface area contributed by atoms with Crippen LogP contribution in [-0.2, 0) is 0 Å². The second-order valence-corrected chi connectivity index (χ2v) is 4.11. The number of rotatable bonds is 2. The maximum Gasteiger partial charge on any atom is 0.163 e. The van der Waals surface area contributed by atoms with Gasteiger partial charge in [-0.1, -0.05) is 12.1 Å². The zero-order valence-electron chi connectivity index (χ0n) is 8.93. The van der Waals surface area contributed by atoms with Crippen LogP contribution in [0.25, 0.3) is 0 Å². The summed E-state index contributed by atoms with van der Waals surface area (Å²) in [7, 11) is 0. The van der Waals surface area contributed by atoms with Crippen LogP contribution in [0.5, 0.6) is 0 Å². The Morgan fingerprint density at radius 3 is 2.28 bits per heavy atom. The molecule has 18 heavy (non-hydrogen) atoms. The van der Waals surface area contributed by atoms with Crippen LogP contribution in [0.2, 0.25) is 0 Å². The van der Waals surface area contributed by atoms with Crippen molar-refractivity contribution in [3.8, 4) is 0 Å². The van der Waals surface area contributed by atoms with Crippen LogP contribution in [0.1, 0.15) is 16.5 Å². The Kier molecular flexibility index (Phi) is 3.57. The third-order valence-electron chi connectivity index (χ3n) is 2.49. The van der Waals surface area contributed by atoms with Crippen LogP contribution in [0.4, 0.5) is 17.6 Å². The van der Waals surface area contributed by atoms with E-state index in [4.69, 9.17) is 11.6 Å². The molecule has 0 saturated heterocycles. The smallest absolute Gasteiger partial charge is 0.163 e. The van der Waals surface area contributed by atoms with Crippen LogP contribution in [0.3, 0.4) is 0 Å². The van der Waals surface area contributed by atoms with E-state index in [0.29, 0.717) is 0 Å². The second-order valence-electron chi connectivity index (χ2n) is 3.67. The van der Waals surface area contributed by atoms with E-state index in [-0.39, 0.29) is 11.1 Å². The van der Waals surface area contributed by atoms with Crippen molar-refractivity contribution in [1.29, 1.82) is 0 Å². The van der Waals surface area contributed by atoms with Crippen LogP contribution >= 0.6 is 11.6 Å². The lowest BCUT2D eigenvalue weighted by molar-refractivity contribution is 0.498. The van der Waals surface area contributed by atoms with Crippen LogP contribution in [-0.4, -0.2) is 0 Å². The van der Waals surface area contributed by atoms with Crippen molar-refractivity contribution in [2.45, 2.75) is 5.38 Å². The molecular formula is C13H7ClF4. The third-order valence-corrected chi connectivity index (χ3v) is 2.96. The molecule has 2 rings (SSSR count). The van der Waals surface area contributed by atoms with Crippen molar-refractivity contribution < 1.29 is 17.6 Å². The highest BCUT2D eigenvalue weighted by Gasteiger charge is 2.21. The highest BCUT2D eigenvalue weighted by molar-refractivity contribution is 6.22. The van der Waals surface area contributed by atoms with Gasteiger partial charge in [0, 0.05) is 11.1 Å². The van der Waals surface area contributed by atoms with Gasteiger partial charge in [-0.15, -0.1) is 11.6 Å². The summed E-state index contributed by atoms with van der Waals surface area (Å²) in [6, 6.07) is 6.06. The lowest BCUT2D eigenvalue weighted by atomic mass is 10.0. The van der Waals surface area contributed by atoms with Gasteiger partial charge in [-0.3, -0.25) is 0 Å². The molecular weight excluding hydrogens is 268 g/mol. The van der Waals surface area contributed by atoms with Crippen molar-refractivity contribution in [3.63, 3.8) is 0 Å². The predicted octanol–water partition coefficient (Wildman–Crippen LogP) is 4.57. The summed E-state index contributed by atoms with van der Waals surface area (Å²) in [5.74, 6) is -3.73. The van der Waals surface area contributed by atoms with E-state index >= 15 is 0 Å². The van der Waals surface area contributed by atoms with Gasteiger partial charge in [0.15, 0.2) is 11.6 Å². The number of halogens is 5. The molecule has 0 aliphatic rings. The number of hydrogen-bond donors (Lipinski definition) is 0. The Morgan fingerprint density at radius 2 is 1.56 bits per heavy atom. The van der Waals surface area contributed by atoms with Gasteiger partial charge < -0.3 is 0 Å². The summed E-state index contributed by atoms with van der Waals surface area (Å²) < 4.78 is 53.0. The summed E-state index contributed by atoms with van der Waals surface area (Å²) in [5.41, 5.74) is -0.470. The number of benzene rings is 2. The quantitative estimate of drug-likeness (QED) is 0.556. The Morgan fingerprint density at radius 1 is 0.833 bits per heavy atom. The Labute approximate surface area is 106 Å². The molecule has 0 bridgehead atoms. The molecule has 0 fully saturated rings. The van der Waals surface area contributed by atoms with Crippen molar-refractivity contribution in [2.24, 2.45) is 0 Å². The number of alkyl halides is 1. The summed E-state index contributed by atoms with van der Waals surface area (Å²) in [6.07, 6.45) is 0. The molecule has 0 aliphatic heterocycles. The molecule has 2 aromatic carbocycles. The third kappa shape index (κ3) is 2.34. The fourth-order valence-electron chi connectivity index (χ4n) is 1.59. The molecule has 0 aromatic heterocycles. The van der Waals surface area contributed by atoms with E-state index in [0.717, 1.165) is 24.3 Å². The molecule has 0 heterocycles. The molecule has 5 heteroatoms. The maximum atomic E-state index is 13.5. The maximum absolute atomic E-state index is 13.5. The zero-order chi connectivity index (χ0) is 13.3. The molecule has 0 N–H and O–H groups in total. The van der Waals surface area contributed by atoms with E-state index in [1.54, 1.807) is 0 Å². The molecule has 94 valence electrons. The van der Waals surface area contributed by atoms with Crippen molar-refractivity contribution in [2.75, 3.05) is 0 Å². The first-order chi connectivity index (χ1) is 8.50.